The zero-order chi connectivity index (χ0) is 22.8. The Balaban J connectivity index is 1.54. The highest BCUT2D eigenvalue weighted by Gasteiger charge is 2.10. The van der Waals surface area contributed by atoms with Gasteiger partial charge in [0, 0.05) is 25.9 Å². The van der Waals surface area contributed by atoms with Crippen LogP contribution in [0.2, 0.25) is 0 Å². The van der Waals surface area contributed by atoms with Gasteiger partial charge in [-0.1, -0.05) is 45.0 Å². The summed E-state index contributed by atoms with van der Waals surface area (Å²) in [6.07, 6.45) is 5.27. The van der Waals surface area contributed by atoms with Crippen LogP contribution >= 0.6 is 0 Å². The Hall–Kier alpha value is -2.82. The summed E-state index contributed by atoms with van der Waals surface area (Å²) < 4.78 is 8.30. The number of carbonyl (C=O) groups excluding carboxylic acids is 1. The van der Waals surface area contributed by atoms with Crippen LogP contribution in [-0.4, -0.2) is 28.6 Å². The predicted octanol–water partition coefficient (Wildman–Crippen LogP) is 5.87. The number of carbonyl (C=O) groups is 1. The number of ether oxygens (including phenoxy) is 1. The average molecular weight is 436 g/mol. The number of fused-ring (bicyclic) bond motifs is 1. The molecule has 2 aromatic carbocycles. The van der Waals surface area contributed by atoms with Crippen LogP contribution in [0, 0.1) is 0 Å². The van der Waals surface area contributed by atoms with Gasteiger partial charge in [-0.25, -0.2) is 4.98 Å². The van der Waals surface area contributed by atoms with Crippen molar-refractivity contribution < 1.29 is 9.53 Å². The van der Waals surface area contributed by atoms with Crippen molar-refractivity contribution in [3.8, 4) is 5.75 Å². The van der Waals surface area contributed by atoms with E-state index in [-0.39, 0.29) is 5.91 Å². The van der Waals surface area contributed by atoms with Gasteiger partial charge >= 0.3 is 0 Å². The fraction of sp³-hybridized carbons (Fsp3) is 0.481. The molecule has 5 nitrogen and oxygen atoms in total. The molecule has 1 unspecified atom stereocenters. The lowest BCUT2D eigenvalue weighted by atomic mass is 9.99. The molecule has 32 heavy (non-hydrogen) atoms. The number of rotatable bonds is 13. The number of amides is 1. The van der Waals surface area contributed by atoms with E-state index in [1.165, 1.54) is 5.56 Å². The molecule has 172 valence electrons. The van der Waals surface area contributed by atoms with Crippen molar-refractivity contribution in [2.45, 2.75) is 71.8 Å². The molecule has 5 heteroatoms. The van der Waals surface area contributed by atoms with E-state index in [1.807, 2.05) is 13.0 Å². The van der Waals surface area contributed by atoms with Crippen LogP contribution in [0.15, 0.2) is 48.5 Å². The summed E-state index contributed by atoms with van der Waals surface area (Å²) in [6.45, 7) is 8.71. The van der Waals surface area contributed by atoms with E-state index in [0.717, 1.165) is 61.3 Å². The Kier molecular flexibility index (Phi) is 9.14. The van der Waals surface area contributed by atoms with Crippen LogP contribution in [0.1, 0.15) is 70.2 Å². The SMILES string of the molecule is CCCC(=O)NCCCc1nc2ccccc2n1CCCOc1ccc(C(C)CC)cc1. The Labute approximate surface area is 192 Å². The first-order valence-corrected chi connectivity index (χ1v) is 12.1. The molecule has 1 heterocycles. The van der Waals surface area contributed by atoms with Crippen LogP contribution in [-0.2, 0) is 17.8 Å². The summed E-state index contributed by atoms with van der Waals surface area (Å²) in [7, 11) is 0. The first-order valence-electron chi connectivity index (χ1n) is 12.1. The zero-order valence-corrected chi connectivity index (χ0v) is 19.8. The molecule has 0 fully saturated rings. The molecule has 1 atom stereocenters. The van der Waals surface area contributed by atoms with Crippen molar-refractivity contribution in [2.24, 2.45) is 0 Å². The number of para-hydroxylation sites is 2. The number of nitrogens with one attached hydrogen (secondary N) is 1. The third-order valence-corrected chi connectivity index (χ3v) is 5.97. The third-order valence-electron chi connectivity index (χ3n) is 5.97. The van der Waals surface area contributed by atoms with Gasteiger partial charge in [-0.2, -0.15) is 0 Å². The van der Waals surface area contributed by atoms with Crippen LogP contribution in [0.5, 0.6) is 5.75 Å². The summed E-state index contributed by atoms with van der Waals surface area (Å²) in [5.74, 6) is 2.72. The molecule has 3 rings (SSSR count). The minimum absolute atomic E-state index is 0.135. The highest BCUT2D eigenvalue weighted by molar-refractivity contribution is 5.76. The summed E-state index contributed by atoms with van der Waals surface area (Å²) in [4.78, 5) is 16.5. The second kappa shape index (κ2) is 12.3. The summed E-state index contributed by atoms with van der Waals surface area (Å²) in [6, 6.07) is 16.8. The number of hydrogen-bond donors (Lipinski definition) is 1. The van der Waals surface area contributed by atoms with Crippen molar-refractivity contribution in [1.82, 2.24) is 14.9 Å². The molecule has 1 N–H and O–H groups in total. The Morgan fingerprint density at radius 1 is 1.09 bits per heavy atom. The molecule has 0 saturated heterocycles. The molecule has 0 bridgehead atoms. The monoisotopic (exact) mass is 435 g/mol. The van der Waals surface area contributed by atoms with Gasteiger partial charge in [-0.15, -0.1) is 0 Å². The molecule has 0 saturated carbocycles. The van der Waals surface area contributed by atoms with Crippen molar-refractivity contribution in [2.75, 3.05) is 13.2 Å². The van der Waals surface area contributed by atoms with Gasteiger partial charge in [0.2, 0.25) is 5.91 Å². The Bertz CT molecular complexity index is 978. The molecule has 0 radical (unpaired) electrons. The number of aromatic nitrogens is 2. The first-order chi connectivity index (χ1) is 15.6. The van der Waals surface area contributed by atoms with E-state index in [9.17, 15) is 4.79 Å². The lowest BCUT2D eigenvalue weighted by molar-refractivity contribution is -0.121. The van der Waals surface area contributed by atoms with Gasteiger partial charge in [0.1, 0.15) is 11.6 Å². The van der Waals surface area contributed by atoms with Gasteiger partial charge in [0.15, 0.2) is 0 Å². The molecular formula is C27H37N3O2. The van der Waals surface area contributed by atoms with E-state index < -0.39 is 0 Å². The highest BCUT2D eigenvalue weighted by Crippen LogP contribution is 2.22. The Morgan fingerprint density at radius 3 is 2.62 bits per heavy atom. The van der Waals surface area contributed by atoms with E-state index in [0.29, 0.717) is 25.5 Å². The average Bonchev–Trinajstić information content (AvgIpc) is 3.17. The molecule has 0 aliphatic rings. The number of aryl methyl sites for hydroxylation is 2. The van der Waals surface area contributed by atoms with Crippen molar-refractivity contribution in [3.63, 3.8) is 0 Å². The predicted molar refractivity (Wildman–Crippen MR) is 131 cm³/mol. The maximum absolute atomic E-state index is 11.7. The van der Waals surface area contributed by atoms with Gasteiger partial charge in [-0.3, -0.25) is 4.79 Å². The standard InChI is InChI=1S/C27H37N3O2/c1-4-10-27(31)28-18-8-13-26-29-24-11-6-7-12-25(24)30(26)19-9-20-32-23-16-14-22(15-17-23)21(3)5-2/h6-7,11-12,14-17,21H,4-5,8-10,13,18-20H2,1-3H3,(H,28,31). The second-order valence-corrected chi connectivity index (χ2v) is 8.45. The van der Waals surface area contributed by atoms with Crippen molar-refractivity contribution in [3.05, 3.63) is 59.9 Å². The van der Waals surface area contributed by atoms with Crippen LogP contribution < -0.4 is 10.1 Å². The van der Waals surface area contributed by atoms with Gasteiger partial charge in [0.25, 0.3) is 0 Å². The molecule has 0 aliphatic carbocycles. The minimum Gasteiger partial charge on any atom is -0.494 e. The summed E-state index contributed by atoms with van der Waals surface area (Å²) >= 11 is 0. The number of benzene rings is 2. The molecule has 1 aromatic heterocycles. The smallest absolute Gasteiger partial charge is 0.219 e. The highest BCUT2D eigenvalue weighted by atomic mass is 16.5. The van der Waals surface area contributed by atoms with Gasteiger partial charge < -0.3 is 14.6 Å². The molecule has 0 aliphatic heterocycles. The quantitative estimate of drug-likeness (QED) is 0.342. The number of imidazole rings is 1. The zero-order valence-electron chi connectivity index (χ0n) is 19.8. The molecule has 3 aromatic rings. The molecular weight excluding hydrogens is 398 g/mol. The minimum atomic E-state index is 0.135. The van der Waals surface area contributed by atoms with Crippen molar-refractivity contribution in [1.29, 1.82) is 0 Å². The fourth-order valence-corrected chi connectivity index (χ4v) is 3.90. The summed E-state index contributed by atoms with van der Waals surface area (Å²) in [5, 5.41) is 3.00. The van der Waals surface area contributed by atoms with E-state index in [1.54, 1.807) is 0 Å². The van der Waals surface area contributed by atoms with E-state index >= 15 is 0 Å². The number of hydrogen-bond acceptors (Lipinski definition) is 3. The largest absolute Gasteiger partial charge is 0.494 e. The van der Waals surface area contributed by atoms with Gasteiger partial charge in [-0.05, 0) is 61.4 Å². The number of nitrogens with zero attached hydrogens (tertiary/aromatic N) is 2. The third kappa shape index (κ3) is 6.59. The molecule has 1 amide bonds. The molecule has 0 spiro atoms. The maximum Gasteiger partial charge on any atom is 0.219 e. The normalized spacial score (nSPS) is 12.1. The first kappa shape index (κ1) is 23.8. The van der Waals surface area contributed by atoms with Gasteiger partial charge in [0.05, 0.1) is 17.6 Å². The lowest BCUT2D eigenvalue weighted by Crippen LogP contribution is -2.24. The van der Waals surface area contributed by atoms with Crippen LogP contribution in [0.25, 0.3) is 11.0 Å². The van der Waals surface area contributed by atoms with Crippen LogP contribution in [0.3, 0.4) is 0 Å². The van der Waals surface area contributed by atoms with Crippen molar-refractivity contribution >= 4 is 16.9 Å². The van der Waals surface area contributed by atoms with E-state index in [2.05, 4.69) is 66.2 Å². The Morgan fingerprint density at radius 2 is 1.88 bits per heavy atom. The maximum atomic E-state index is 11.7. The summed E-state index contributed by atoms with van der Waals surface area (Å²) in [5.41, 5.74) is 3.55. The van der Waals surface area contributed by atoms with Crippen LogP contribution in [0.4, 0.5) is 0 Å². The van der Waals surface area contributed by atoms with E-state index in [4.69, 9.17) is 9.72 Å². The lowest BCUT2D eigenvalue weighted by Gasteiger charge is -2.12. The fourth-order valence-electron chi connectivity index (χ4n) is 3.90. The second-order valence-electron chi connectivity index (χ2n) is 8.45. The topological polar surface area (TPSA) is 56.2 Å².